The quantitative estimate of drug-likeness (QED) is 0.840. The molecule has 0 amide bonds. The number of hydrogen-bond acceptors (Lipinski definition) is 7. The smallest absolute Gasteiger partial charge is 0.241 e. The highest BCUT2D eigenvalue weighted by Crippen LogP contribution is 2.38. The van der Waals surface area contributed by atoms with Crippen molar-refractivity contribution in [2.24, 2.45) is 5.14 Å². The number of sulfonamides is 1. The maximum atomic E-state index is 11.8. The van der Waals surface area contributed by atoms with Gasteiger partial charge in [0.05, 0.1) is 13.3 Å². The molecule has 2 rings (SSSR count). The average molecular weight is 352 g/mol. The summed E-state index contributed by atoms with van der Waals surface area (Å²) in [5, 5.41) is 5.26. The first-order valence-corrected chi connectivity index (χ1v) is 8.69. The number of aromatic nitrogens is 2. The zero-order valence-electron chi connectivity index (χ0n) is 13.9. The van der Waals surface area contributed by atoms with Crippen molar-refractivity contribution >= 4 is 15.8 Å². The Labute approximate surface area is 140 Å². The molecule has 0 saturated heterocycles. The van der Waals surface area contributed by atoms with Gasteiger partial charge in [0.15, 0.2) is 11.6 Å². The summed E-state index contributed by atoms with van der Waals surface area (Å²) in [5.41, 5.74) is 6.57. The number of hydrogen-bond donors (Lipinski definition) is 2. The first kappa shape index (κ1) is 18.0. The van der Waals surface area contributed by atoms with Crippen LogP contribution in [0, 0.1) is 6.92 Å². The van der Waals surface area contributed by atoms with E-state index in [-0.39, 0.29) is 28.1 Å². The molecular formula is C15H20N4O4S. The summed E-state index contributed by atoms with van der Waals surface area (Å²) in [4.78, 5) is 7.88. The van der Waals surface area contributed by atoms with E-state index in [1.54, 1.807) is 13.0 Å². The molecule has 1 heterocycles. The van der Waals surface area contributed by atoms with Gasteiger partial charge in [0.25, 0.3) is 0 Å². The van der Waals surface area contributed by atoms with Gasteiger partial charge in [0, 0.05) is 11.6 Å². The van der Waals surface area contributed by atoms with Gasteiger partial charge in [-0.25, -0.2) is 23.5 Å². The predicted molar refractivity (Wildman–Crippen MR) is 89.7 cm³/mol. The first-order chi connectivity index (χ1) is 11.1. The van der Waals surface area contributed by atoms with Crippen LogP contribution in [0.5, 0.6) is 17.2 Å². The fourth-order valence-corrected chi connectivity index (χ4v) is 2.85. The molecular weight excluding hydrogens is 332 g/mol. The van der Waals surface area contributed by atoms with Crippen LogP contribution in [-0.2, 0) is 10.0 Å². The molecule has 1 aromatic carbocycles. The second-order valence-corrected chi connectivity index (χ2v) is 7.04. The van der Waals surface area contributed by atoms with Crippen LogP contribution in [-0.4, -0.2) is 25.5 Å². The second kappa shape index (κ2) is 6.62. The third-order valence-corrected chi connectivity index (χ3v) is 4.28. The molecule has 8 nitrogen and oxygen atoms in total. The van der Waals surface area contributed by atoms with Gasteiger partial charge in [-0.1, -0.05) is 13.8 Å². The third-order valence-electron chi connectivity index (χ3n) is 3.35. The molecule has 0 unspecified atom stereocenters. The number of primary sulfonamides is 1. The molecule has 24 heavy (non-hydrogen) atoms. The minimum Gasteiger partial charge on any atom is -0.495 e. The van der Waals surface area contributed by atoms with Gasteiger partial charge in [-0.15, -0.1) is 0 Å². The molecule has 2 aromatic rings. The number of benzene rings is 1. The van der Waals surface area contributed by atoms with E-state index in [2.05, 4.69) is 9.97 Å². The van der Waals surface area contributed by atoms with E-state index in [9.17, 15) is 8.42 Å². The van der Waals surface area contributed by atoms with E-state index < -0.39 is 10.0 Å². The number of methoxy groups -OCH3 is 1. The van der Waals surface area contributed by atoms with Crippen molar-refractivity contribution in [3.8, 4) is 17.2 Å². The minimum atomic E-state index is -3.99. The number of rotatable bonds is 5. The second-order valence-electron chi connectivity index (χ2n) is 5.51. The van der Waals surface area contributed by atoms with Crippen LogP contribution in [0.4, 0.5) is 5.82 Å². The molecule has 1 aromatic heterocycles. The average Bonchev–Trinajstić information content (AvgIpc) is 2.48. The predicted octanol–water partition coefficient (Wildman–Crippen LogP) is 1.94. The van der Waals surface area contributed by atoms with Crippen LogP contribution in [0.25, 0.3) is 0 Å². The summed E-state index contributed by atoms with van der Waals surface area (Å²) in [6.07, 6.45) is 1.43. The molecule has 0 aliphatic carbocycles. The van der Waals surface area contributed by atoms with Gasteiger partial charge in [0.1, 0.15) is 22.2 Å². The lowest BCUT2D eigenvalue weighted by Gasteiger charge is -2.17. The Morgan fingerprint density at radius 2 is 1.83 bits per heavy atom. The summed E-state index contributed by atoms with van der Waals surface area (Å²) < 4.78 is 34.5. The largest absolute Gasteiger partial charge is 0.495 e. The van der Waals surface area contributed by atoms with Crippen molar-refractivity contribution in [2.45, 2.75) is 31.6 Å². The highest BCUT2D eigenvalue weighted by atomic mass is 32.2. The topological polar surface area (TPSA) is 130 Å². The number of nitrogens with zero attached hydrogens (tertiary/aromatic N) is 2. The maximum Gasteiger partial charge on any atom is 0.241 e. The first-order valence-electron chi connectivity index (χ1n) is 7.15. The third kappa shape index (κ3) is 3.74. The summed E-state index contributed by atoms with van der Waals surface area (Å²) in [7, 11) is -2.61. The van der Waals surface area contributed by atoms with Crippen molar-refractivity contribution in [1.29, 1.82) is 0 Å². The summed E-state index contributed by atoms with van der Waals surface area (Å²) in [5.74, 6) is 1.38. The normalized spacial score (nSPS) is 11.6. The van der Waals surface area contributed by atoms with Gasteiger partial charge in [-0.3, -0.25) is 0 Å². The minimum absolute atomic E-state index is 0.0380. The van der Waals surface area contributed by atoms with Crippen molar-refractivity contribution in [1.82, 2.24) is 9.97 Å². The number of nitrogen functional groups attached to an aromatic ring is 1. The Hall–Kier alpha value is -2.39. The van der Waals surface area contributed by atoms with Gasteiger partial charge in [-0.05, 0) is 18.9 Å². The maximum absolute atomic E-state index is 11.8. The Morgan fingerprint density at radius 1 is 1.17 bits per heavy atom. The number of nitrogens with two attached hydrogens (primary N) is 2. The summed E-state index contributed by atoms with van der Waals surface area (Å²) >= 11 is 0. The van der Waals surface area contributed by atoms with Gasteiger partial charge >= 0.3 is 0 Å². The molecule has 0 aliphatic rings. The Balaban J connectivity index is 2.62. The molecule has 130 valence electrons. The summed E-state index contributed by atoms with van der Waals surface area (Å²) in [6, 6.07) is 2.91. The number of aryl methyl sites for hydroxylation is 1. The van der Waals surface area contributed by atoms with E-state index in [4.69, 9.17) is 20.3 Å². The molecule has 4 N–H and O–H groups in total. The zero-order valence-corrected chi connectivity index (χ0v) is 14.7. The molecule has 0 atom stereocenters. The fourth-order valence-electron chi connectivity index (χ4n) is 2.15. The summed E-state index contributed by atoms with van der Waals surface area (Å²) in [6.45, 7) is 5.58. The molecule has 0 saturated carbocycles. The van der Waals surface area contributed by atoms with Crippen LogP contribution < -0.4 is 20.3 Å². The van der Waals surface area contributed by atoms with Gasteiger partial charge < -0.3 is 15.2 Å². The van der Waals surface area contributed by atoms with Crippen molar-refractivity contribution in [2.75, 3.05) is 12.8 Å². The highest BCUT2D eigenvalue weighted by Gasteiger charge is 2.21. The Morgan fingerprint density at radius 3 is 2.33 bits per heavy atom. The zero-order chi connectivity index (χ0) is 18.1. The van der Waals surface area contributed by atoms with Crippen molar-refractivity contribution < 1.29 is 17.9 Å². The molecule has 0 aliphatic heterocycles. The molecule has 0 spiro atoms. The van der Waals surface area contributed by atoms with Gasteiger partial charge in [-0.2, -0.15) is 0 Å². The fraction of sp³-hybridized carbons (Fsp3) is 0.333. The standard InChI is InChI=1S/C15H20N4O4S/c1-8(2)10-5-12(22-4)14(24(17,20)21)6-11(10)23-13-7-18-9(3)19-15(13)16/h5-8H,1-4H3,(H2,16,18,19)(H2,17,20,21). The highest BCUT2D eigenvalue weighted by molar-refractivity contribution is 7.89. The molecule has 0 radical (unpaired) electrons. The molecule has 9 heteroatoms. The lowest BCUT2D eigenvalue weighted by atomic mass is 10.0. The van der Waals surface area contributed by atoms with Crippen molar-refractivity contribution in [3.63, 3.8) is 0 Å². The van der Waals surface area contributed by atoms with E-state index in [1.165, 1.54) is 19.4 Å². The van der Waals surface area contributed by atoms with E-state index in [0.717, 1.165) is 5.56 Å². The number of anilines is 1. The number of ether oxygens (including phenoxy) is 2. The van der Waals surface area contributed by atoms with E-state index >= 15 is 0 Å². The SMILES string of the molecule is COc1cc(C(C)C)c(Oc2cnc(C)nc2N)cc1S(N)(=O)=O. The Bertz CT molecular complexity index is 866. The lowest BCUT2D eigenvalue weighted by Crippen LogP contribution is -2.14. The van der Waals surface area contributed by atoms with Crippen LogP contribution >= 0.6 is 0 Å². The van der Waals surface area contributed by atoms with Crippen LogP contribution in [0.15, 0.2) is 23.2 Å². The van der Waals surface area contributed by atoms with Crippen LogP contribution in [0.2, 0.25) is 0 Å². The lowest BCUT2D eigenvalue weighted by molar-refractivity contribution is 0.398. The van der Waals surface area contributed by atoms with Gasteiger partial charge in [0.2, 0.25) is 10.0 Å². The van der Waals surface area contributed by atoms with Crippen LogP contribution in [0.1, 0.15) is 31.2 Å². The monoisotopic (exact) mass is 352 g/mol. The molecule has 0 bridgehead atoms. The van der Waals surface area contributed by atoms with E-state index in [1.807, 2.05) is 13.8 Å². The molecule has 0 fully saturated rings. The van der Waals surface area contributed by atoms with Crippen LogP contribution in [0.3, 0.4) is 0 Å². The Kier molecular flexibility index (Phi) is 4.95. The van der Waals surface area contributed by atoms with E-state index in [0.29, 0.717) is 11.6 Å². The van der Waals surface area contributed by atoms with Crippen molar-refractivity contribution in [3.05, 3.63) is 29.7 Å².